The maximum Gasteiger partial charge on any atom is 0.261 e. The average Bonchev–Trinajstić information content (AvgIpc) is 3.00. The van der Waals surface area contributed by atoms with Crippen LogP contribution in [-0.2, 0) is 0 Å². The number of aromatic nitrogens is 1. The quantitative estimate of drug-likeness (QED) is 0.566. The molecule has 1 aromatic heterocycles. The van der Waals surface area contributed by atoms with E-state index in [0.717, 1.165) is 17.4 Å². The molecule has 1 heterocycles. The maximum absolute atomic E-state index is 14.0. The molecule has 2 aromatic carbocycles. The molecular formula is C18H15Cl2F2N3OS. The minimum Gasteiger partial charge on any atom is -0.308 e. The van der Waals surface area contributed by atoms with Gasteiger partial charge in [0, 0.05) is 24.2 Å². The lowest BCUT2D eigenvalue weighted by Gasteiger charge is -2.22. The summed E-state index contributed by atoms with van der Waals surface area (Å²) >= 11 is 13.2. The van der Waals surface area contributed by atoms with Crippen LogP contribution in [0.1, 0.15) is 10.4 Å². The van der Waals surface area contributed by atoms with E-state index in [4.69, 9.17) is 23.2 Å². The molecule has 3 aromatic rings. The van der Waals surface area contributed by atoms with Crippen molar-refractivity contribution >= 4 is 55.8 Å². The number of nitrogens with zero attached hydrogens (tertiary/aromatic N) is 3. The number of likely N-dealkylation sites (N-methyl/N-ethyl adjacent to an activating group) is 1. The van der Waals surface area contributed by atoms with Crippen molar-refractivity contribution in [1.29, 1.82) is 0 Å². The predicted molar refractivity (Wildman–Crippen MR) is 106 cm³/mol. The van der Waals surface area contributed by atoms with Gasteiger partial charge in [-0.1, -0.05) is 34.5 Å². The van der Waals surface area contributed by atoms with Gasteiger partial charge in [-0.3, -0.25) is 9.69 Å². The van der Waals surface area contributed by atoms with E-state index < -0.39 is 17.5 Å². The normalized spacial score (nSPS) is 11.4. The number of rotatable bonds is 5. The summed E-state index contributed by atoms with van der Waals surface area (Å²) in [7, 11) is 3.73. The highest BCUT2D eigenvalue weighted by atomic mass is 35.5. The van der Waals surface area contributed by atoms with E-state index in [-0.39, 0.29) is 21.2 Å². The van der Waals surface area contributed by atoms with E-state index in [1.54, 1.807) is 6.07 Å². The van der Waals surface area contributed by atoms with Crippen LogP contribution in [0.25, 0.3) is 10.2 Å². The van der Waals surface area contributed by atoms with Crippen molar-refractivity contribution in [2.45, 2.75) is 0 Å². The monoisotopic (exact) mass is 429 g/mol. The van der Waals surface area contributed by atoms with E-state index in [9.17, 15) is 13.6 Å². The van der Waals surface area contributed by atoms with Gasteiger partial charge in [-0.2, -0.15) is 0 Å². The number of hydrogen-bond acceptors (Lipinski definition) is 4. The van der Waals surface area contributed by atoms with Gasteiger partial charge in [0.25, 0.3) is 5.91 Å². The van der Waals surface area contributed by atoms with Crippen molar-refractivity contribution in [3.8, 4) is 0 Å². The lowest BCUT2D eigenvalue weighted by Crippen LogP contribution is -2.36. The van der Waals surface area contributed by atoms with Gasteiger partial charge >= 0.3 is 0 Å². The topological polar surface area (TPSA) is 36.4 Å². The second-order valence-corrected chi connectivity index (χ2v) is 7.97. The van der Waals surface area contributed by atoms with Gasteiger partial charge in [0.1, 0.15) is 11.3 Å². The average molecular weight is 430 g/mol. The zero-order valence-electron chi connectivity index (χ0n) is 14.5. The molecule has 0 saturated carbocycles. The molecule has 1 amide bonds. The summed E-state index contributed by atoms with van der Waals surface area (Å²) in [4.78, 5) is 20.6. The molecule has 27 heavy (non-hydrogen) atoms. The standard InChI is InChI=1S/C18H15Cl2F2N3OS/c1-24(2)5-6-25(17(26)12-7-10(19)3-4-13(12)20)18-23-16-14(22)8-11(21)9-15(16)27-18/h3-4,7-9H,5-6H2,1-2H3. The fraction of sp³-hybridized carbons (Fsp3) is 0.222. The molecule has 0 N–H and O–H groups in total. The summed E-state index contributed by atoms with van der Waals surface area (Å²) in [5.41, 5.74) is 0.241. The molecule has 9 heteroatoms. The van der Waals surface area contributed by atoms with Crippen molar-refractivity contribution < 1.29 is 13.6 Å². The van der Waals surface area contributed by atoms with E-state index in [2.05, 4.69) is 4.98 Å². The zero-order valence-corrected chi connectivity index (χ0v) is 16.8. The Bertz CT molecular complexity index is 1010. The van der Waals surface area contributed by atoms with Crippen LogP contribution in [0.4, 0.5) is 13.9 Å². The summed E-state index contributed by atoms with van der Waals surface area (Å²) < 4.78 is 27.9. The number of carbonyl (C=O) groups excluding carboxylic acids is 1. The first-order chi connectivity index (χ1) is 12.8. The Kier molecular flexibility index (Phi) is 5.95. The molecule has 3 rings (SSSR count). The number of fused-ring (bicyclic) bond motifs is 1. The fourth-order valence-corrected chi connectivity index (χ4v) is 3.85. The SMILES string of the molecule is CN(C)CCN(C(=O)c1cc(Cl)ccc1Cl)c1nc2c(F)cc(F)cc2s1. The third-order valence-corrected chi connectivity index (χ3v) is 5.40. The molecule has 0 spiro atoms. The van der Waals surface area contributed by atoms with E-state index in [1.807, 2.05) is 19.0 Å². The largest absolute Gasteiger partial charge is 0.308 e. The van der Waals surface area contributed by atoms with E-state index in [0.29, 0.717) is 22.8 Å². The van der Waals surface area contributed by atoms with Gasteiger partial charge in [-0.05, 0) is 38.4 Å². The highest BCUT2D eigenvalue weighted by molar-refractivity contribution is 7.22. The summed E-state index contributed by atoms with van der Waals surface area (Å²) in [6, 6.07) is 6.56. The van der Waals surface area contributed by atoms with Crippen molar-refractivity contribution in [2.24, 2.45) is 0 Å². The first-order valence-electron chi connectivity index (χ1n) is 7.93. The molecule has 0 bridgehead atoms. The van der Waals surface area contributed by atoms with Crippen LogP contribution in [0.15, 0.2) is 30.3 Å². The number of anilines is 1. The predicted octanol–water partition coefficient (Wildman–Crippen LogP) is 5.09. The summed E-state index contributed by atoms with van der Waals surface area (Å²) in [5, 5.41) is 0.878. The van der Waals surface area contributed by atoms with Gasteiger partial charge in [-0.15, -0.1) is 0 Å². The molecular weight excluding hydrogens is 415 g/mol. The van der Waals surface area contributed by atoms with Crippen LogP contribution in [0.3, 0.4) is 0 Å². The Morgan fingerprint density at radius 1 is 1.15 bits per heavy atom. The highest BCUT2D eigenvalue weighted by Gasteiger charge is 2.24. The number of thiazole rings is 1. The Hall–Kier alpha value is -1.80. The van der Waals surface area contributed by atoms with Crippen LogP contribution >= 0.6 is 34.5 Å². The van der Waals surface area contributed by atoms with Crippen LogP contribution in [-0.4, -0.2) is 43.0 Å². The summed E-state index contributed by atoms with van der Waals surface area (Å²) in [6.45, 7) is 0.829. The van der Waals surface area contributed by atoms with Crippen molar-refractivity contribution in [3.63, 3.8) is 0 Å². The van der Waals surface area contributed by atoms with Crippen molar-refractivity contribution in [1.82, 2.24) is 9.88 Å². The molecule has 0 atom stereocenters. The smallest absolute Gasteiger partial charge is 0.261 e. The Morgan fingerprint density at radius 2 is 1.89 bits per heavy atom. The van der Waals surface area contributed by atoms with E-state index >= 15 is 0 Å². The second-order valence-electron chi connectivity index (χ2n) is 6.12. The maximum atomic E-state index is 14.0. The summed E-state index contributed by atoms with van der Waals surface area (Å²) in [6.07, 6.45) is 0. The zero-order chi connectivity index (χ0) is 19.7. The van der Waals surface area contributed by atoms with Gasteiger partial charge in [-0.25, -0.2) is 13.8 Å². The molecule has 0 radical (unpaired) electrons. The Morgan fingerprint density at radius 3 is 2.59 bits per heavy atom. The number of amides is 1. The van der Waals surface area contributed by atoms with Gasteiger partial charge < -0.3 is 4.90 Å². The molecule has 0 fully saturated rings. The van der Waals surface area contributed by atoms with Crippen LogP contribution in [0.5, 0.6) is 0 Å². The molecule has 4 nitrogen and oxygen atoms in total. The van der Waals surface area contributed by atoms with E-state index in [1.165, 1.54) is 23.1 Å². The number of halogens is 4. The number of hydrogen-bond donors (Lipinski definition) is 0. The minimum atomic E-state index is -0.770. The highest BCUT2D eigenvalue weighted by Crippen LogP contribution is 2.33. The number of benzene rings is 2. The lowest BCUT2D eigenvalue weighted by molar-refractivity contribution is 0.0985. The summed E-state index contributed by atoms with van der Waals surface area (Å²) in [5.74, 6) is -1.88. The Balaban J connectivity index is 2.07. The van der Waals surface area contributed by atoms with Gasteiger partial charge in [0.15, 0.2) is 10.9 Å². The lowest BCUT2D eigenvalue weighted by atomic mass is 10.2. The van der Waals surface area contributed by atoms with Gasteiger partial charge in [0.2, 0.25) is 0 Å². The third kappa shape index (κ3) is 4.38. The van der Waals surface area contributed by atoms with Gasteiger partial charge in [0.05, 0.1) is 15.3 Å². The van der Waals surface area contributed by atoms with Crippen LogP contribution in [0, 0.1) is 11.6 Å². The minimum absolute atomic E-state index is 0.0243. The van der Waals surface area contributed by atoms with Crippen LogP contribution < -0.4 is 4.90 Å². The second kappa shape index (κ2) is 8.06. The van der Waals surface area contributed by atoms with Crippen LogP contribution in [0.2, 0.25) is 10.0 Å². The molecule has 0 unspecified atom stereocenters. The Labute approximate surface area is 168 Å². The molecule has 0 saturated heterocycles. The first-order valence-corrected chi connectivity index (χ1v) is 9.50. The number of carbonyl (C=O) groups is 1. The molecule has 0 aliphatic carbocycles. The molecule has 142 valence electrons. The third-order valence-electron chi connectivity index (χ3n) is 3.81. The van der Waals surface area contributed by atoms with Crippen molar-refractivity contribution in [3.05, 3.63) is 57.6 Å². The molecule has 0 aliphatic heterocycles. The van der Waals surface area contributed by atoms with Crippen molar-refractivity contribution in [2.75, 3.05) is 32.1 Å². The fourth-order valence-electron chi connectivity index (χ4n) is 2.45. The first kappa shape index (κ1) is 19.9. The molecule has 0 aliphatic rings.